The van der Waals surface area contributed by atoms with Gasteiger partial charge in [-0.25, -0.2) is 23.5 Å². The van der Waals surface area contributed by atoms with Crippen LogP contribution in [0.1, 0.15) is 56.3 Å². The highest BCUT2D eigenvalue weighted by Gasteiger charge is 2.24. The van der Waals surface area contributed by atoms with Gasteiger partial charge in [0.1, 0.15) is 17.2 Å². The van der Waals surface area contributed by atoms with Gasteiger partial charge in [-0.1, -0.05) is 13.8 Å². The maximum atomic E-state index is 14.0. The van der Waals surface area contributed by atoms with E-state index < -0.39 is 28.8 Å². The van der Waals surface area contributed by atoms with Gasteiger partial charge in [0.05, 0.1) is 0 Å². The number of aromatic amines is 1. The van der Waals surface area contributed by atoms with Crippen molar-refractivity contribution in [1.82, 2.24) is 29.0 Å². The van der Waals surface area contributed by atoms with Crippen molar-refractivity contribution in [3.05, 3.63) is 74.6 Å². The summed E-state index contributed by atoms with van der Waals surface area (Å²) in [6.07, 6.45) is 4.52. The zero-order valence-corrected chi connectivity index (χ0v) is 24.1. The van der Waals surface area contributed by atoms with Crippen LogP contribution in [0.4, 0.5) is 14.6 Å². The second kappa shape index (κ2) is 12.7. The van der Waals surface area contributed by atoms with E-state index in [4.69, 9.17) is 0 Å². The van der Waals surface area contributed by atoms with Crippen LogP contribution in [-0.4, -0.2) is 60.4 Å². The maximum absolute atomic E-state index is 14.0. The molecule has 1 saturated heterocycles. The molecule has 0 unspecified atom stereocenters. The number of nitrogens with zero attached hydrogens (tertiary/aromatic N) is 6. The number of pyridine rings is 1. The Morgan fingerprint density at radius 1 is 1.00 bits per heavy atom. The minimum Gasteiger partial charge on any atom is -0.343 e. The predicted octanol–water partition coefficient (Wildman–Crippen LogP) is 3.71. The zero-order chi connectivity index (χ0) is 30.7. The second-order valence-electron chi connectivity index (χ2n) is 10.5. The summed E-state index contributed by atoms with van der Waals surface area (Å²) in [7, 11) is 0. The third-order valence-electron chi connectivity index (χ3n) is 7.45. The van der Waals surface area contributed by atoms with Crippen molar-refractivity contribution >= 4 is 28.8 Å². The third kappa shape index (κ3) is 5.97. The first-order valence-corrected chi connectivity index (χ1v) is 14.5. The Labute approximate surface area is 245 Å². The number of carbonyl (C=O) groups is 2. The lowest BCUT2D eigenvalue weighted by Gasteiger charge is -2.24. The largest absolute Gasteiger partial charge is 0.343 e. The summed E-state index contributed by atoms with van der Waals surface area (Å²) in [5.74, 6) is -2.12. The van der Waals surface area contributed by atoms with E-state index in [9.17, 15) is 28.0 Å². The van der Waals surface area contributed by atoms with Crippen LogP contribution >= 0.6 is 0 Å². The van der Waals surface area contributed by atoms with Crippen molar-refractivity contribution in [3.8, 4) is 11.4 Å². The fourth-order valence-electron chi connectivity index (χ4n) is 5.30. The third-order valence-corrected chi connectivity index (χ3v) is 7.45. The first kappa shape index (κ1) is 29.8. The predicted molar refractivity (Wildman–Crippen MR) is 157 cm³/mol. The molecular formula is C30H33F2N7O4. The van der Waals surface area contributed by atoms with Gasteiger partial charge in [0, 0.05) is 56.5 Å². The minimum absolute atomic E-state index is 0.0448. The number of hydrogen-bond donors (Lipinski definition) is 1. The van der Waals surface area contributed by atoms with E-state index in [0.717, 1.165) is 18.6 Å². The van der Waals surface area contributed by atoms with E-state index in [0.29, 0.717) is 56.7 Å². The Hall–Kier alpha value is -4.68. The zero-order valence-electron chi connectivity index (χ0n) is 24.1. The number of rotatable bonds is 11. The normalized spacial score (nSPS) is 13.3. The molecular weight excluding hydrogens is 560 g/mol. The Balaban J connectivity index is 1.47. The summed E-state index contributed by atoms with van der Waals surface area (Å²) in [4.78, 5) is 66.8. The highest BCUT2D eigenvalue weighted by atomic mass is 19.2. The van der Waals surface area contributed by atoms with Crippen LogP contribution in [0.15, 0.2) is 46.1 Å². The Kier molecular flexibility index (Phi) is 8.78. The van der Waals surface area contributed by atoms with Crippen LogP contribution in [0.2, 0.25) is 0 Å². The molecule has 0 radical (unpaired) electrons. The lowest BCUT2D eigenvalue weighted by Crippen LogP contribution is -2.40. The van der Waals surface area contributed by atoms with Crippen LogP contribution in [0.25, 0.3) is 22.6 Å². The molecule has 0 atom stereocenters. The number of carbonyl (C=O) groups excluding carboxylic acids is 2. The van der Waals surface area contributed by atoms with Crippen molar-refractivity contribution in [2.45, 2.75) is 59.0 Å². The van der Waals surface area contributed by atoms with Gasteiger partial charge in [-0.3, -0.25) is 28.4 Å². The molecule has 0 bridgehead atoms. The van der Waals surface area contributed by atoms with Crippen molar-refractivity contribution in [2.75, 3.05) is 24.5 Å². The van der Waals surface area contributed by atoms with Crippen molar-refractivity contribution in [1.29, 1.82) is 0 Å². The number of aryl methyl sites for hydroxylation is 1. The molecule has 1 N–H and O–H groups in total. The number of hydrogen-bond acceptors (Lipinski definition) is 6. The van der Waals surface area contributed by atoms with E-state index >= 15 is 0 Å². The molecule has 0 saturated carbocycles. The molecule has 43 heavy (non-hydrogen) atoms. The standard InChI is InChI=1S/C30H33F2N7O4/c1-3-12-38-27-25(29(42)39(13-4-2)30(38)43)34-26(35-27)20-9-11-23(33-18-20)37(16-6-15-36-14-5-7-24(36)40)28(41)19-8-10-21(31)22(32)17-19/h8-11,17-18H,3-7,12-16H2,1-2H3,(H,34,35). The van der Waals surface area contributed by atoms with Gasteiger partial charge in [0.25, 0.3) is 11.5 Å². The number of likely N-dealkylation sites (tertiary alicyclic amines) is 1. The van der Waals surface area contributed by atoms with Gasteiger partial charge < -0.3 is 9.88 Å². The average molecular weight is 594 g/mol. The molecule has 4 heterocycles. The topological polar surface area (TPSA) is 126 Å². The second-order valence-corrected chi connectivity index (χ2v) is 10.5. The summed E-state index contributed by atoms with van der Waals surface area (Å²) < 4.78 is 30.2. The monoisotopic (exact) mass is 593 g/mol. The Morgan fingerprint density at radius 3 is 2.42 bits per heavy atom. The van der Waals surface area contributed by atoms with Crippen LogP contribution in [0.5, 0.6) is 0 Å². The average Bonchev–Trinajstić information content (AvgIpc) is 3.63. The number of imidazole rings is 1. The number of fused-ring (bicyclic) bond motifs is 1. The molecule has 0 spiro atoms. The first-order valence-electron chi connectivity index (χ1n) is 14.5. The smallest absolute Gasteiger partial charge is 0.332 e. The van der Waals surface area contributed by atoms with Gasteiger partial charge in [-0.05, 0) is 56.0 Å². The van der Waals surface area contributed by atoms with Crippen LogP contribution in [-0.2, 0) is 17.9 Å². The number of halogens is 2. The van der Waals surface area contributed by atoms with Crippen LogP contribution < -0.4 is 16.1 Å². The Bertz CT molecular complexity index is 1780. The summed E-state index contributed by atoms with van der Waals surface area (Å²) in [5.41, 5.74) is 0.0884. The number of anilines is 1. The molecule has 1 aromatic carbocycles. The lowest BCUT2D eigenvalue weighted by atomic mass is 10.1. The van der Waals surface area contributed by atoms with Crippen molar-refractivity contribution < 1.29 is 18.4 Å². The molecule has 226 valence electrons. The molecule has 1 aliphatic heterocycles. The minimum atomic E-state index is -1.14. The molecule has 1 fully saturated rings. The van der Waals surface area contributed by atoms with E-state index in [1.807, 2.05) is 13.8 Å². The van der Waals surface area contributed by atoms with Crippen molar-refractivity contribution in [3.63, 3.8) is 0 Å². The molecule has 11 nitrogen and oxygen atoms in total. The van der Waals surface area contributed by atoms with E-state index in [2.05, 4.69) is 15.0 Å². The van der Waals surface area contributed by atoms with Crippen LogP contribution in [0, 0.1) is 11.6 Å². The van der Waals surface area contributed by atoms with E-state index in [1.165, 1.54) is 26.3 Å². The van der Waals surface area contributed by atoms with Gasteiger partial charge in [0.15, 0.2) is 17.3 Å². The Morgan fingerprint density at radius 2 is 1.77 bits per heavy atom. The summed E-state index contributed by atoms with van der Waals surface area (Å²) >= 11 is 0. The lowest BCUT2D eigenvalue weighted by molar-refractivity contribution is -0.127. The number of H-pyrrole nitrogens is 1. The first-order chi connectivity index (χ1) is 20.7. The summed E-state index contributed by atoms with van der Waals surface area (Å²) in [5, 5.41) is 0. The van der Waals surface area contributed by atoms with Crippen molar-refractivity contribution in [2.24, 2.45) is 0 Å². The van der Waals surface area contributed by atoms with Gasteiger partial charge >= 0.3 is 5.69 Å². The van der Waals surface area contributed by atoms with Gasteiger partial charge in [-0.2, -0.15) is 0 Å². The number of benzene rings is 1. The molecule has 1 aliphatic rings. The highest BCUT2D eigenvalue weighted by Crippen LogP contribution is 2.23. The number of nitrogens with one attached hydrogen (secondary N) is 1. The molecule has 4 aromatic rings. The van der Waals surface area contributed by atoms with E-state index in [-0.39, 0.29) is 41.5 Å². The number of amides is 2. The molecule has 13 heteroatoms. The fraction of sp³-hybridized carbons (Fsp3) is 0.400. The molecule has 2 amide bonds. The van der Waals surface area contributed by atoms with Gasteiger partial charge in [0.2, 0.25) is 5.91 Å². The molecule has 0 aliphatic carbocycles. The SMILES string of the molecule is CCCn1c(=O)c2[nH]c(-c3ccc(N(CCCN4CCCC4=O)C(=O)c4ccc(F)c(F)c4)nc3)nc2n(CCC)c1=O. The molecule has 5 rings (SSSR count). The summed E-state index contributed by atoms with van der Waals surface area (Å²) in [6, 6.07) is 6.22. The van der Waals surface area contributed by atoms with Gasteiger partial charge in [-0.15, -0.1) is 0 Å². The fourth-order valence-corrected chi connectivity index (χ4v) is 5.30. The number of aromatic nitrogens is 5. The molecule has 3 aromatic heterocycles. The highest BCUT2D eigenvalue weighted by molar-refractivity contribution is 6.05. The quantitative estimate of drug-likeness (QED) is 0.283. The summed E-state index contributed by atoms with van der Waals surface area (Å²) in [6.45, 7) is 5.79. The van der Waals surface area contributed by atoms with Crippen LogP contribution in [0.3, 0.4) is 0 Å². The maximum Gasteiger partial charge on any atom is 0.332 e. The van der Waals surface area contributed by atoms with E-state index in [1.54, 1.807) is 17.0 Å².